The van der Waals surface area contributed by atoms with E-state index in [-0.39, 0.29) is 31.8 Å². The molecule has 0 radical (unpaired) electrons. The van der Waals surface area contributed by atoms with E-state index in [1.54, 1.807) is 0 Å². The molecule has 38 heavy (non-hydrogen) atoms. The Morgan fingerprint density at radius 1 is 1.13 bits per heavy atom. The minimum absolute atomic E-state index is 0.0117. The lowest BCUT2D eigenvalue weighted by atomic mass is 9.87. The van der Waals surface area contributed by atoms with Crippen molar-refractivity contribution in [2.45, 2.75) is 79.8 Å². The second kappa shape index (κ2) is 9.79. The molecule has 0 aromatic rings. The van der Waals surface area contributed by atoms with Crippen LogP contribution >= 0.6 is 0 Å². The van der Waals surface area contributed by atoms with Gasteiger partial charge in [0.2, 0.25) is 21.8 Å². The van der Waals surface area contributed by atoms with E-state index in [0.717, 1.165) is 0 Å². The summed E-state index contributed by atoms with van der Waals surface area (Å²) >= 11 is 0. The Morgan fingerprint density at radius 2 is 1.87 bits per heavy atom. The predicted octanol–water partition coefficient (Wildman–Crippen LogP) is -1.21. The van der Waals surface area contributed by atoms with Gasteiger partial charge in [0.25, 0.3) is 5.91 Å². The maximum Gasteiger partial charge on any atom is 0.405 e. The van der Waals surface area contributed by atoms with Gasteiger partial charge in [0.1, 0.15) is 17.1 Å². The first-order chi connectivity index (χ1) is 18.0. The van der Waals surface area contributed by atoms with Crippen LogP contribution in [0.25, 0.3) is 0 Å². The lowest BCUT2D eigenvalue weighted by molar-refractivity contribution is -0.149. The topological polar surface area (TPSA) is 194 Å². The van der Waals surface area contributed by atoms with Gasteiger partial charge >= 0.3 is 6.09 Å². The molecule has 6 N–H and O–H groups in total. The van der Waals surface area contributed by atoms with Gasteiger partial charge in [-0.05, 0) is 57.4 Å². The zero-order chi connectivity index (χ0) is 27.3. The highest BCUT2D eigenvalue weighted by atomic mass is 32.2. The molecule has 14 heteroatoms. The Labute approximate surface area is 220 Å². The molecule has 2 heterocycles. The largest absolute Gasteiger partial charge is 0.465 e. The number of aliphatic hydroxyl groups excluding tert-OH is 1. The summed E-state index contributed by atoms with van der Waals surface area (Å²) in [5.74, 6) is -2.76. The quantitative estimate of drug-likeness (QED) is 0.226. The third-order valence-electron chi connectivity index (χ3n) is 8.33. The molecule has 4 fully saturated rings. The lowest BCUT2D eigenvalue weighted by Crippen LogP contribution is -2.66. The first kappa shape index (κ1) is 26.9. The second-order valence-electron chi connectivity index (χ2n) is 11.2. The van der Waals surface area contributed by atoms with Crippen molar-refractivity contribution < 1.29 is 37.8 Å². The Bertz CT molecular complexity index is 1150. The van der Waals surface area contributed by atoms with E-state index in [2.05, 4.69) is 20.7 Å². The molecule has 0 aromatic heterocycles. The van der Waals surface area contributed by atoms with Crippen LogP contribution in [-0.2, 0) is 24.4 Å². The van der Waals surface area contributed by atoms with Crippen molar-refractivity contribution in [3.05, 3.63) is 12.2 Å². The average Bonchev–Trinajstić information content (AvgIpc) is 3.70. The number of rotatable bonds is 5. The molecule has 1 saturated heterocycles. The summed E-state index contributed by atoms with van der Waals surface area (Å²) in [6.45, 7) is 0.357. The molecule has 13 nitrogen and oxygen atoms in total. The number of allylic oxidation sites excluding steroid dienone is 1. The summed E-state index contributed by atoms with van der Waals surface area (Å²) < 4.78 is 27.3. The number of hydrogen-bond donors (Lipinski definition) is 6. The summed E-state index contributed by atoms with van der Waals surface area (Å²) in [4.78, 5) is 53.9. The third kappa shape index (κ3) is 5.00. The first-order valence-corrected chi connectivity index (χ1v) is 14.8. The van der Waals surface area contributed by atoms with Crippen molar-refractivity contribution in [3.8, 4) is 0 Å². The van der Waals surface area contributed by atoms with Gasteiger partial charge in [-0.3, -0.25) is 19.1 Å². The molecular formula is C24H35N5O8S. The highest BCUT2D eigenvalue weighted by Gasteiger charge is 2.66. The maximum atomic E-state index is 14.1. The molecule has 5 rings (SSSR count). The fourth-order valence-electron chi connectivity index (χ4n) is 5.91. The Morgan fingerprint density at radius 3 is 2.53 bits per heavy atom. The van der Waals surface area contributed by atoms with Gasteiger partial charge in [0, 0.05) is 25.4 Å². The van der Waals surface area contributed by atoms with E-state index in [1.807, 2.05) is 12.2 Å². The fraction of sp³-hybridized carbons (Fsp3) is 0.750. The van der Waals surface area contributed by atoms with Gasteiger partial charge in [-0.1, -0.05) is 12.2 Å². The molecule has 5 atom stereocenters. The summed E-state index contributed by atoms with van der Waals surface area (Å²) in [5.41, 5.74) is -2.97. The van der Waals surface area contributed by atoms with Crippen LogP contribution in [0.3, 0.4) is 0 Å². The Balaban J connectivity index is 1.49. The minimum Gasteiger partial charge on any atom is -0.465 e. The zero-order valence-corrected chi connectivity index (χ0v) is 21.8. The number of amides is 4. The number of sulfonamides is 1. The second-order valence-corrected chi connectivity index (χ2v) is 13.2. The molecule has 0 aromatic carbocycles. The van der Waals surface area contributed by atoms with E-state index in [0.29, 0.717) is 45.1 Å². The number of fused-ring (bicyclic) bond motifs is 2. The number of nitrogens with one attached hydrogen (secondary N) is 4. The average molecular weight is 554 g/mol. The molecule has 3 aliphatic carbocycles. The summed E-state index contributed by atoms with van der Waals surface area (Å²) in [6.07, 6.45) is 4.94. The van der Waals surface area contributed by atoms with Crippen molar-refractivity contribution in [1.82, 2.24) is 25.6 Å². The fourth-order valence-corrected chi connectivity index (χ4v) is 7.27. The Kier molecular flexibility index (Phi) is 6.93. The minimum atomic E-state index is -3.86. The van der Waals surface area contributed by atoms with Gasteiger partial charge in [0.05, 0.1) is 11.4 Å². The van der Waals surface area contributed by atoms with Crippen molar-refractivity contribution in [2.75, 3.05) is 19.6 Å². The summed E-state index contributed by atoms with van der Waals surface area (Å²) in [7, 11) is -3.86. The number of carboxylic acid groups (broad SMARTS) is 1. The van der Waals surface area contributed by atoms with E-state index in [9.17, 15) is 37.8 Å². The van der Waals surface area contributed by atoms with Crippen molar-refractivity contribution >= 4 is 33.8 Å². The van der Waals surface area contributed by atoms with Crippen LogP contribution in [0.5, 0.6) is 0 Å². The monoisotopic (exact) mass is 553 g/mol. The number of aliphatic hydroxyl groups is 1. The van der Waals surface area contributed by atoms with Crippen molar-refractivity contribution in [2.24, 2.45) is 11.8 Å². The summed E-state index contributed by atoms with van der Waals surface area (Å²) in [6, 6.07) is -1.18. The summed E-state index contributed by atoms with van der Waals surface area (Å²) in [5, 5.41) is 27.5. The number of carbonyl (C=O) groups excluding carboxylic acids is 3. The normalized spacial score (nSPS) is 37.1. The van der Waals surface area contributed by atoms with Gasteiger partial charge < -0.3 is 31.1 Å². The van der Waals surface area contributed by atoms with E-state index < -0.39 is 68.2 Å². The molecule has 2 aliphatic heterocycles. The first-order valence-electron chi connectivity index (χ1n) is 13.2. The van der Waals surface area contributed by atoms with Gasteiger partial charge in [0.15, 0.2) is 0 Å². The standard InChI is InChI=1S/C24H35N5O8S/c30-16-11-24(14-5-6-14)21(33)27-23(20(32)28-38(36,37)17-7-8-17)10-15(23)4-2-1-3-9-25-12-18(26-22(34)35)19(31)29(24)13-16/h2,4,14-18,25-26,30H,1,3,5-13H2,(H,27,33)(H,28,32)(H,34,35)/b4-2-. The Hall–Kier alpha value is -2.71. The molecular weight excluding hydrogens is 518 g/mol. The molecule has 5 aliphatic rings. The van der Waals surface area contributed by atoms with Gasteiger partial charge in [-0.25, -0.2) is 13.2 Å². The SMILES string of the molecule is O=C(O)NC1CNCCC/C=C\C2CC2(C(=O)NS(=O)(=O)C2CC2)NC(=O)C2(C3CC3)CC(O)CN2C1=O. The van der Waals surface area contributed by atoms with Crippen LogP contribution in [0, 0.1) is 11.8 Å². The van der Waals surface area contributed by atoms with Gasteiger partial charge in [-0.2, -0.15) is 0 Å². The number of β-amino-alcohol motifs (C(OH)–C–C–N with tert-alkyl or cyclic N) is 1. The highest BCUT2D eigenvalue weighted by molar-refractivity contribution is 7.91. The van der Waals surface area contributed by atoms with Crippen LogP contribution in [0.2, 0.25) is 0 Å². The van der Waals surface area contributed by atoms with E-state index >= 15 is 0 Å². The van der Waals surface area contributed by atoms with E-state index in [4.69, 9.17) is 0 Å². The lowest BCUT2D eigenvalue weighted by Gasteiger charge is -2.40. The van der Waals surface area contributed by atoms with Crippen LogP contribution in [-0.4, -0.2) is 95.5 Å². The predicted molar refractivity (Wildman–Crippen MR) is 133 cm³/mol. The molecule has 0 spiro atoms. The zero-order valence-electron chi connectivity index (χ0n) is 21.0. The van der Waals surface area contributed by atoms with Crippen LogP contribution in [0.15, 0.2) is 12.2 Å². The number of carbonyl (C=O) groups is 4. The number of hydrogen-bond acceptors (Lipinski definition) is 8. The third-order valence-corrected chi connectivity index (χ3v) is 10.1. The van der Waals surface area contributed by atoms with E-state index in [1.165, 1.54) is 4.90 Å². The van der Waals surface area contributed by atoms with Gasteiger partial charge in [-0.15, -0.1) is 0 Å². The smallest absolute Gasteiger partial charge is 0.405 e. The van der Waals surface area contributed by atoms with Crippen LogP contribution in [0.4, 0.5) is 4.79 Å². The molecule has 4 amide bonds. The molecule has 5 unspecified atom stereocenters. The number of nitrogens with zero attached hydrogens (tertiary/aromatic N) is 1. The maximum absolute atomic E-state index is 14.1. The van der Waals surface area contributed by atoms with Crippen molar-refractivity contribution in [3.63, 3.8) is 0 Å². The van der Waals surface area contributed by atoms with Crippen molar-refractivity contribution in [1.29, 1.82) is 0 Å². The molecule has 210 valence electrons. The van der Waals surface area contributed by atoms with Crippen LogP contribution < -0.4 is 20.7 Å². The molecule has 3 saturated carbocycles. The molecule has 0 bridgehead atoms. The van der Waals surface area contributed by atoms with Crippen LogP contribution in [0.1, 0.15) is 51.4 Å². The highest BCUT2D eigenvalue weighted by Crippen LogP contribution is 2.51.